The normalized spacial score (nSPS) is 16.8. The molecule has 4 heteroatoms. The first-order chi connectivity index (χ1) is 12.1. The van der Waals surface area contributed by atoms with Gasteiger partial charge < -0.3 is 10.4 Å². The van der Waals surface area contributed by atoms with E-state index >= 15 is 0 Å². The Morgan fingerprint density at radius 2 is 1.54 bits per heavy atom. The monoisotopic (exact) mass is 372 g/mol. The lowest BCUT2D eigenvalue weighted by Crippen LogP contribution is -2.26. The average molecular weight is 373 g/mol. The van der Waals surface area contributed by atoms with Crippen molar-refractivity contribution in [1.82, 2.24) is 10.3 Å². The second-order valence-electron chi connectivity index (χ2n) is 9.52. The highest BCUT2D eigenvalue weighted by molar-refractivity contribution is 7.10. The van der Waals surface area contributed by atoms with Crippen LogP contribution >= 0.6 is 11.3 Å². The number of aromatic nitrogens is 1. The molecule has 0 saturated carbocycles. The molecule has 0 atom stereocenters. The van der Waals surface area contributed by atoms with Crippen molar-refractivity contribution in [1.29, 1.82) is 0 Å². The zero-order chi connectivity index (χ0) is 19.1. The molecule has 2 N–H and O–H groups in total. The van der Waals surface area contributed by atoms with Gasteiger partial charge in [0.25, 0.3) is 0 Å². The van der Waals surface area contributed by atoms with Crippen LogP contribution in [0.25, 0.3) is 11.3 Å². The van der Waals surface area contributed by atoms with Crippen LogP contribution in [0, 0.1) is 0 Å². The summed E-state index contributed by atoms with van der Waals surface area (Å²) in [6.07, 6.45) is 2.34. The molecule has 1 saturated heterocycles. The molecule has 0 amide bonds. The minimum absolute atomic E-state index is 0.117. The van der Waals surface area contributed by atoms with Gasteiger partial charge in [-0.05, 0) is 48.9 Å². The van der Waals surface area contributed by atoms with E-state index in [0.717, 1.165) is 35.5 Å². The van der Waals surface area contributed by atoms with E-state index in [1.54, 1.807) is 11.3 Å². The maximum Gasteiger partial charge on any atom is 0.123 e. The van der Waals surface area contributed by atoms with Crippen LogP contribution in [0.3, 0.4) is 0 Å². The van der Waals surface area contributed by atoms with Crippen molar-refractivity contribution >= 4 is 11.3 Å². The topological polar surface area (TPSA) is 45.2 Å². The number of hydrogen-bond donors (Lipinski definition) is 2. The van der Waals surface area contributed by atoms with Gasteiger partial charge in [0.05, 0.1) is 10.7 Å². The highest BCUT2D eigenvalue weighted by Gasteiger charge is 2.27. The quantitative estimate of drug-likeness (QED) is 0.723. The van der Waals surface area contributed by atoms with Gasteiger partial charge in [-0.25, -0.2) is 4.98 Å². The fourth-order valence-corrected chi connectivity index (χ4v) is 4.60. The molecule has 0 aliphatic carbocycles. The molecular formula is C22H32N2OS. The number of thiazole rings is 1. The summed E-state index contributed by atoms with van der Waals surface area (Å²) in [5, 5.41) is 17.8. The third-order valence-corrected chi connectivity index (χ3v) is 6.24. The van der Waals surface area contributed by atoms with Gasteiger partial charge in [0.15, 0.2) is 0 Å². The van der Waals surface area contributed by atoms with Gasteiger partial charge in [-0.1, -0.05) is 41.5 Å². The third-order valence-electron chi connectivity index (χ3n) is 5.23. The van der Waals surface area contributed by atoms with Crippen LogP contribution in [0.4, 0.5) is 0 Å². The van der Waals surface area contributed by atoms with Gasteiger partial charge in [0, 0.05) is 28.0 Å². The van der Waals surface area contributed by atoms with Crippen LogP contribution in [0.5, 0.6) is 5.75 Å². The minimum atomic E-state index is -0.117. The number of phenols is 1. The summed E-state index contributed by atoms with van der Waals surface area (Å²) in [4.78, 5) is 4.99. The SMILES string of the molecule is CC(C)(C)c1cc(-c2csc(C3CCNCC3)n2)cc(C(C)(C)C)c1O. The molecule has 142 valence electrons. The Hall–Kier alpha value is -1.39. The van der Waals surface area contributed by atoms with Crippen molar-refractivity contribution < 1.29 is 5.11 Å². The molecule has 0 spiro atoms. The predicted molar refractivity (Wildman–Crippen MR) is 111 cm³/mol. The molecule has 0 radical (unpaired) electrons. The molecule has 1 aliphatic rings. The molecule has 1 aliphatic heterocycles. The summed E-state index contributed by atoms with van der Waals surface area (Å²) in [5.41, 5.74) is 3.92. The largest absolute Gasteiger partial charge is 0.507 e. The third kappa shape index (κ3) is 3.96. The summed E-state index contributed by atoms with van der Waals surface area (Å²) < 4.78 is 0. The van der Waals surface area contributed by atoms with Crippen molar-refractivity contribution in [2.24, 2.45) is 0 Å². The Labute approximate surface area is 161 Å². The minimum Gasteiger partial charge on any atom is -0.507 e. The number of phenolic OH excluding ortho intramolecular Hbond substituents is 1. The number of piperidine rings is 1. The van der Waals surface area contributed by atoms with Gasteiger partial charge in [0.2, 0.25) is 0 Å². The van der Waals surface area contributed by atoms with E-state index in [1.807, 2.05) is 0 Å². The van der Waals surface area contributed by atoms with E-state index in [0.29, 0.717) is 11.7 Å². The zero-order valence-electron chi connectivity index (χ0n) is 16.9. The van der Waals surface area contributed by atoms with Crippen LogP contribution < -0.4 is 5.32 Å². The molecule has 2 heterocycles. The number of benzene rings is 1. The molecular weight excluding hydrogens is 340 g/mol. The average Bonchev–Trinajstić information content (AvgIpc) is 3.03. The van der Waals surface area contributed by atoms with E-state index in [9.17, 15) is 5.11 Å². The van der Waals surface area contributed by atoms with E-state index < -0.39 is 0 Å². The maximum absolute atomic E-state index is 10.9. The number of nitrogens with zero attached hydrogens (tertiary/aromatic N) is 1. The van der Waals surface area contributed by atoms with Gasteiger partial charge in [-0.15, -0.1) is 11.3 Å². The van der Waals surface area contributed by atoms with Crippen LogP contribution in [-0.2, 0) is 10.8 Å². The Kier molecular flexibility index (Phi) is 5.19. The zero-order valence-corrected chi connectivity index (χ0v) is 17.8. The van der Waals surface area contributed by atoms with Crippen LogP contribution in [0.15, 0.2) is 17.5 Å². The highest BCUT2D eigenvalue weighted by atomic mass is 32.1. The lowest BCUT2D eigenvalue weighted by atomic mass is 9.78. The number of nitrogens with one attached hydrogen (secondary N) is 1. The van der Waals surface area contributed by atoms with Crippen molar-refractivity contribution in [2.45, 2.75) is 71.1 Å². The van der Waals surface area contributed by atoms with Crippen LogP contribution in [0.2, 0.25) is 0 Å². The van der Waals surface area contributed by atoms with Crippen molar-refractivity contribution in [3.05, 3.63) is 33.6 Å². The standard InChI is InChI=1S/C22H32N2OS/c1-21(2,3)16-11-15(12-17(19(16)25)22(4,5)6)18-13-26-20(24-18)14-7-9-23-10-8-14/h11-14,23,25H,7-10H2,1-6H3. The first-order valence-corrected chi connectivity index (χ1v) is 10.5. The fourth-order valence-electron chi connectivity index (χ4n) is 3.60. The summed E-state index contributed by atoms with van der Waals surface area (Å²) in [5.74, 6) is 1.01. The number of hydrogen-bond acceptors (Lipinski definition) is 4. The summed E-state index contributed by atoms with van der Waals surface area (Å²) in [6.45, 7) is 15.1. The Morgan fingerprint density at radius 3 is 2.04 bits per heavy atom. The van der Waals surface area contributed by atoms with E-state index in [1.165, 1.54) is 17.8 Å². The molecule has 1 aromatic heterocycles. The molecule has 1 fully saturated rings. The smallest absolute Gasteiger partial charge is 0.123 e. The molecule has 2 aromatic rings. The Bertz CT molecular complexity index is 739. The van der Waals surface area contributed by atoms with Crippen molar-refractivity contribution in [2.75, 3.05) is 13.1 Å². The van der Waals surface area contributed by atoms with E-state index in [4.69, 9.17) is 4.98 Å². The first kappa shape index (κ1) is 19.4. The lowest BCUT2D eigenvalue weighted by Gasteiger charge is -2.28. The van der Waals surface area contributed by atoms with Crippen molar-refractivity contribution in [3.63, 3.8) is 0 Å². The fraction of sp³-hybridized carbons (Fsp3) is 0.591. The molecule has 0 bridgehead atoms. The summed E-state index contributed by atoms with van der Waals surface area (Å²) >= 11 is 1.78. The van der Waals surface area contributed by atoms with Crippen molar-refractivity contribution in [3.8, 4) is 17.0 Å². The molecule has 1 aromatic carbocycles. The predicted octanol–water partition coefficient (Wildman–Crippen LogP) is 5.58. The lowest BCUT2D eigenvalue weighted by molar-refractivity contribution is 0.423. The maximum atomic E-state index is 10.9. The molecule has 3 nitrogen and oxygen atoms in total. The van der Waals surface area contributed by atoms with E-state index in [2.05, 4.69) is 64.4 Å². The van der Waals surface area contributed by atoms with Gasteiger partial charge in [-0.3, -0.25) is 0 Å². The Balaban J connectivity index is 2.06. The first-order valence-electron chi connectivity index (χ1n) is 9.62. The van der Waals surface area contributed by atoms with Crippen LogP contribution in [0.1, 0.15) is 76.4 Å². The second-order valence-corrected chi connectivity index (χ2v) is 10.4. The second kappa shape index (κ2) is 6.97. The number of aromatic hydroxyl groups is 1. The Morgan fingerprint density at radius 1 is 1.00 bits per heavy atom. The van der Waals surface area contributed by atoms with Gasteiger partial charge in [-0.2, -0.15) is 0 Å². The van der Waals surface area contributed by atoms with Crippen LogP contribution in [-0.4, -0.2) is 23.2 Å². The van der Waals surface area contributed by atoms with E-state index in [-0.39, 0.29) is 10.8 Å². The molecule has 26 heavy (non-hydrogen) atoms. The van der Waals surface area contributed by atoms with Gasteiger partial charge in [0.1, 0.15) is 5.75 Å². The molecule has 3 rings (SSSR count). The van der Waals surface area contributed by atoms with Gasteiger partial charge >= 0.3 is 0 Å². The molecule has 0 unspecified atom stereocenters. The highest BCUT2D eigenvalue weighted by Crippen LogP contribution is 2.42. The summed E-state index contributed by atoms with van der Waals surface area (Å²) in [6, 6.07) is 4.26. The number of rotatable bonds is 2. The summed E-state index contributed by atoms with van der Waals surface area (Å²) in [7, 11) is 0.